The Kier molecular flexibility index (Phi) is 2.99. The van der Waals surface area contributed by atoms with E-state index in [0.29, 0.717) is 5.02 Å². The van der Waals surface area contributed by atoms with E-state index in [9.17, 15) is 5.11 Å². The van der Waals surface area contributed by atoms with Gasteiger partial charge in [-0.1, -0.05) is 60.1 Å². The van der Waals surface area contributed by atoms with Crippen molar-refractivity contribution >= 4 is 22.4 Å². The Morgan fingerprint density at radius 3 is 2.38 bits per heavy atom. The second-order valence-corrected chi connectivity index (χ2v) is 5.98. The first kappa shape index (κ1) is 12.9. The van der Waals surface area contributed by atoms with Crippen molar-refractivity contribution in [3.05, 3.63) is 81.9 Å². The molecule has 1 nitrogen and oxygen atoms in total. The molecule has 2 heteroatoms. The van der Waals surface area contributed by atoms with Gasteiger partial charge in [0.25, 0.3) is 0 Å². The highest BCUT2D eigenvalue weighted by Gasteiger charge is 2.20. The average molecular weight is 295 g/mol. The molecule has 0 saturated carbocycles. The van der Waals surface area contributed by atoms with Crippen LogP contribution in [0.2, 0.25) is 5.02 Å². The Hall–Kier alpha value is -1.83. The van der Waals surface area contributed by atoms with Gasteiger partial charge < -0.3 is 5.11 Å². The van der Waals surface area contributed by atoms with E-state index >= 15 is 0 Å². The number of hydrogen-bond acceptors (Lipinski definition) is 1. The van der Waals surface area contributed by atoms with E-state index in [1.807, 2.05) is 30.3 Å². The van der Waals surface area contributed by atoms with Crippen LogP contribution < -0.4 is 0 Å². The molecule has 0 amide bonds. The maximum atomic E-state index is 10.8. The third-order valence-corrected chi connectivity index (χ3v) is 4.75. The first-order chi connectivity index (χ1) is 10.3. The maximum Gasteiger partial charge on any atom is 0.106 e. The van der Waals surface area contributed by atoms with Crippen LogP contribution >= 0.6 is 11.6 Å². The lowest BCUT2D eigenvalue weighted by Gasteiger charge is -2.16. The van der Waals surface area contributed by atoms with Gasteiger partial charge in [0.05, 0.1) is 0 Å². The highest BCUT2D eigenvalue weighted by molar-refractivity contribution is 6.31. The van der Waals surface area contributed by atoms with Crippen LogP contribution in [0.1, 0.15) is 28.4 Å². The summed E-state index contributed by atoms with van der Waals surface area (Å²) in [4.78, 5) is 0. The van der Waals surface area contributed by atoms with Gasteiger partial charge in [0.15, 0.2) is 0 Å². The van der Waals surface area contributed by atoms with Crippen LogP contribution in [0.4, 0.5) is 0 Å². The van der Waals surface area contributed by atoms with Crippen molar-refractivity contribution in [3.8, 4) is 0 Å². The zero-order chi connectivity index (χ0) is 14.4. The zero-order valence-corrected chi connectivity index (χ0v) is 12.3. The summed E-state index contributed by atoms with van der Waals surface area (Å²) in [5.41, 5.74) is 4.47. The Bertz CT molecular complexity index is 828. The van der Waals surface area contributed by atoms with Crippen LogP contribution in [0.25, 0.3) is 10.8 Å². The van der Waals surface area contributed by atoms with Crippen LogP contribution in [-0.4, -0.2) is 5.11 Å². The fourth-order valence-electron chi connectivity index (χ4n) is 3.37. The van der Waals surface area contributed by atoms with Crippen LogP contribution in [0, 0.1) is 0 Å². The van der Waals surface area contributed by atoms with Gasteiger partial charge in [-0.25, -0.2) is 0 Å². The van der Waals surface area contributed by atoms with Crippen molar-refractivity contribution < 1.29 is 5.11 Å². The number of aliphatic hydroxyl groups is 1. The number of halogens is 1. The van der Waals surface area contributed by atoms with E-state index in [0.717, 1.165) is 29.4 Å². The lowest BCUT2D eigenvalue weighted by Crippen LogP contribution is -2.02. The molecular formula is C19H15ClO. The highest BCUT2D eigenvalue weighted by atomic mass is 35.5. The van der Waals surface area contributed by atoms with E-state index in [1.54, 1.807) is 0 Å². The number of rotatable bonds is 2. The molecule has 1 N–H and O–H groups in total. The Balaban J connectivity index is 1.94. The molecule has 0 saturated heterocycles. The minimum Gasteiger partial charge on any atom is -0.384 e. The fourth-order valence-corrected chi connectivity index (χ4v) is 3.61. The maximum absolute atomic E-state index is 10.8. The third-order valence-electron chi connectivity index (χ3n) is 4.41. The summed E-state index contributed by atoms with van der Waals surface area (Å²) < 4.78 is 0. The van der Waals surface area contributed by atoms with Crippen LogP contribution in [0.3, 0.4) is 0 Å². The molecule has 0 spiro atoms. The van der Waals surface area contributed by atoms with Crippen molar-refractivity contribution in [1.29, 1.82) is 0 Å². The van der Waals surface area contributed by atoms with Crippen molar-refractivity contribution in [2.45, 2.75) is 18.9 Å². The minimum atomic E-state index is -0.691. The van der Waals surface area contributed by atoms with Crippen molar-refractivity contribution in [2.24, 2.45) is 0 Å². The van der Waals surface area contributed by atoms with Crippen molar-refractivity contribution in [1.82, 2.24) is 0 Å². The monoisotopic (exact) mass is 294 g/mol. The van der Waals surface area contributed by atoms with Crippen molar-refractivity contribution in [2.75, 3.05) is 0 Å². The molecule has 3 aromatic carbocycles. The molecule has 0 unspecified atom stereocenters. The average Bonchev–Trinajstić information content (AvgIpc) is 2.93. The molecule has 21 heavy (non-hydrogen) atoms. The Morgan fingerprint density at radius 2 is 1.57 bits per heavy atom. The second kappa shape index (κ2) is 4.87. The first-order valence-electron chi connectivity index (χ1n) is 7.21. The van der Waals surface area contributed by atoms with E-state index in [2.05, 4.69) is 24.3 Å². The molecule has 0 aliphatic heterocycles. The summed E-state index contributed by atoms with van der Waals surface area (Å²) in [6.45, 7) is 0. The lowest BCUT2D eigenvalue weighted by atomic mass is 9.93. The van der Waals surface area contributed by atoms with Gasteiger partial charge in [-0.05, 0) is 46.4 Å². The number of benzene rings is 3. The molecule has 104 valence electrons. The largest absolute Gasteiger partial charge is 0.384 e. The first-order valence-corrected chi connectivity index (χ1v) is 7.59. The smallest absolute Gasteiger partial charge is 0.106 e. The molecule has 0 fully saturated rings. The molecule has 0 aromatic heterocycles. The zero-order valence-electron chi connectivity index (χ0n) is 11.5. The molecule has 3 aromatic rings. The molecule has 0 radical (unpaired) electrons. The highest BCUT2D eigenvalue weighted by Crippen LogP contribution is 2.37. The summed E-state index contributed by atoms with van der Waals surface area (Å²) in [5, 5.41) is 13.9. The summed E-state index contributed by atoms with van der Waals surface area (Å²) in [7, 11) is 0. The normalized spacial score (nSPS) is 14.6. The summed E-state index contributed by atoms with van der Waals surface area (Å²) >= 11 is 6.24. The predicted octanol–water partition coefficient (Wildman–Crippen LogP) is 4.67. The number of aliphatic hydroxyl groups excluding tert-OH is 1. The SMILES string of the molecule is O[C@H](c1ccccc1Cl)c1ccc2c3c(cccc13)CC2. The van der Waals surface area contributed by atoms with Gasteiger partial charge in [-0.2, -0.15) is 0 Å². The summed E-state index contributed by atoms with van der Waals surface area (Å²) in [6, 6.07) is 18.0. The topological polar surface area (TPSA) is 20.2 Å². The van der Waals surface area contributed by atoms with Gasteiger partial charge >= 0.3 is 0 Å². The van der Waals surface area contributed by atoms with Gasteiger partial charge in [-0.3, -0.25) is 0 Å². The van der Waals surface area contributed by atoms with E-state index < -0.39 is 6.10 Å². The quantitative estimate of drug-likeness (QED) is 0.728. The Labute approximate surface area is 128 Å². The van der Waals surface area contributed by atoms with Gasteiger partial charge in [-0.15, -0.1) is 0 Å². The van der Waals surface area contributed by atoms with Gasteiger partial charge in [0.1, 0.15) is 6.10 Å². The van der Waals surface area contributed by atoms with E-state index in [-0.39, 0.29) is 0 Å². The minimum absolute atomic E-state index is 0.605. The van der Waals surface area contributed by atoms with Crippen molar-refractivity contribution in [3.63, 3.8) is 0 Å². The lowest BCUT2D eigenvalue weighted by molar-refractivity contribution is 0.222. The van der Waals surface area contributed by atoms with E-state index in [1.165, 1.54) is 16.5 Å². The van der Waals surface area contributed by atoms with Gasteiger partial charge in [0, 0.05) is 10.6 Å². The van der Waals surface area contributed by atoms with Gasteiger partial charge in [0.2, 0.25) is 0 Å². The summed E-state index contributed by atoms with van der Waals surface area (Å²) in [6.07, 6.45) is 1.50. The van der Waals surface area contributed by atoms with Crippen LogP contribution in [0.5, 0.6) is 0 Å². The molecule has 1 aliphatic rings. The molecule has 0 bridgehead atoms. The van der Waals surface area contributed by atoms with E-state index in [4.69, 9.17) is 11.6 Å². The third kappa shape index (κ3) is 1.97. The summed E-state index contributed by atoms with van der Waals surface area (Å²) in [5.74, 6) is 0. The Morgan fingerprint density at radius 1 is 0.810 bits per heavy atom. The molecule has 1 aliphatic carbocycles. The molecular weight excluding hydrogens is 280 g/mol. The second-order valence-electron chi connectivity index (χ2n) is 5.58. The standard InChI is InChI=1S/C19H15ClO/c20-17-7-2-1-5-16(17)19(21)15-11-10-13-9-8-12-4-3-6-14(15)18(12)13/h1-7,10-11,19,21H,8-9H2/t19-/m0/s1. The van der Waals surface area contributed by atoms with Crippen LogP contribution in [0.15, 0.2) is 54.6 Å². The molecule has 4 rings (SSSR count). The predicted molar refractivity (Wildman–Crippen MR) is 86.9 cm³/mol. The molecule has 1 atom stereocenters. The fraction of sp³-hybridized carbons (Fsp3) is 0.158. The number of hydrogen-bond donors (Lipinski definition) is 1. The number of aryl methyl sites for hydroxylation is 2. The molecule has 0 heterocycles. The van der Waals surface area contributed by atoms with Crippen LogP contribution in [-0.2, 0) is 12.8 Å².